The van der Waals surface area contributed by atoms with Crippen molar-refractivity contribution in [3.05, 3.63) is 60.4 Å². The first-order valence-electron chi connectivity index (χ1n) is 12.1. The lowest BCUT2D eigenvalue weighted by atomic mass is 10.1. The highest BCUT2D eigenvalue weighted by atomic mass is 32.2. The summed E-state index contributed by atoms with van der Waals surface area (Å²) in [7, 11) is -3.63. The van der Waals surface area contributed by atoms with Crippen molar-refractivity contribution >= 4 is 32.7 Å². The van der Waals surface area contributed by atoms with Crippen molar-refractivity contribution in [1.82, 2.24) is 20.2 Å². The van der Waals surface area contributed by atoms with Crippen molar-refractivity contribution in [3.63, 3.8) is 0 Å². The zero-order valence-corrected chi connectivity index (χ0v) is 20.6. The predicted molar refractivity (Wildman–Crippen MR) is 134 cm³/mol. The zero-order valence-electron chi connectivity index (χ0n) is 19.8. The van der Waals surface area contributed by atoms with Crippen LogP contribution in [0.5, 0.6) is 0 Å². The molecule has 5 rings (SSSR count). The lowest BCUT2D eigenvalue weighted by Gasteiger charge is -2.32. The van der Waals surface area contributed by atoms with Gasteiger partial charge < -0.3 is 9.64 Å². The van der Waals surface area contributed by atoms with E-state index in [4.69, 9.17) is 9.57 Å². The number of hydroxylamine groups is 1. The predicted octanol–water partition coefficient (Wildman–Crippen LogP) is 2.77. The summed E-state index contributed by atoms with van der Waals surface area (Å²) in [5.41, 5.74) is 2.68. The number of hydrogen-bond donors (Lipinski definition) is 2. The van der Waals surface area contributed by atoms with Crippen LogP contribution in [0.2, 0.25) is 0 Å². The van der Waals surface area contributed by atoms with Crippen LogP contribution in [0.4, 0.5) is 5.95 Å². The third-order valence-electron chi connectivity index (χ3n) is 6.45. The van der Waals surface area contributed by atoms with Crippen molar-refractivity contribution in [3.8, 4) is 0 Å². The molecule has 2 saturated heterocycles. The van der Waals surface area contributed by atoms with E-state index in [9.17, 15) is 13.2 Å². The van der Waals surface area contributed by atoms with Gasteiger partial charge in [-0.15, -0.1) is 0 Å². The Morgan fingerprint density at radius 2 is 1.75 bits per heavy atom. The van der Waals surface area contributed by atoms with Crippen LogP contribution in [-0.4, -0.2) is 56.3 Å². The smallest absolute Gasteiger partial charge is 0.278 e. The first-order chi connectivity index (χ1) is 17.5. The maximum atomic E-state index is 12.9. The topological polar surface area (TPSA) is 123 Å². The second kappa shape index (κ2) is 10.9. The summed E-state index contributed by atoms with van der Waals surface area (Å²) in [6.45, 7) is 1.82. The van der Waals surface area contributed by atoms with Gasteiger partial charge in [-0.2, -0.15) is 0 Å². The van der Waals surface area contributed by atoms with E-state index in [-0.39, 0.29) is 16.5 Å². The van der Waals surface area contributed by atoms with E-state index in [1.807, 2.05) is 35.2 Å². The number of carbonyl (C=O) groups excluding carboxylic acids is 1. The average Bonchev–Trinajstić information content (AvgIpc) is 2.92. The molecule has 2 aromatic carbocycles. The summed E-state index contributed by atoms with van der Waals surface area (Å²) < 4.78 is 34.2. The molecule has 1 aromatic heterocycles. The summed E-state index contributed by atoms with van der Waals surface area (Å²) in [4.78, 5) is 28.5. The van der Waals surface area contributed by atoms with Gasteiger partial charge in [0.2, 0.25) is 16.0 Å². The Balaban J connectivity index is 1.13. The van der Waals surface area contributed by atoms with Gasteiger partial charge in [0.05, 0.1) is 10.5 Å². The number of nitrogens with zero attached hydrogens (tertiary/aromatic N) is 3. The third-order valence-corrected chi connectivity index (χ3v) is 7.97. The minimum Gasteiger partial charge on any atom is -0.350 e. The zero-order chi connectivity index (χ0) is 25.0. The van der Waals surface area contributed by atoms with Gasteiger partial charge in [0.15, 0.2) is 6.29 Å². The van der Waals surface area contributed by atoms with E-state index in [2.05, 4.69) is 20.2 Å². The molecule has 1 unspecified atom stereocenters. The summed E-state index contributed by atoms with van der Waals surface area (Å²) in [5.74, 6) is 0.0662. The van der Waals surface area contributed by atoms with E-state index in [0.29, 0.717) is 38.5 Å². The molecule has 36 heavy (non-hydrogen) atoms. The van der Waals surface area contributed by atoms with Crippen molar-refractivity contribution < 1.29 is 22.8 Å². The van der Waals surface area contributed by atoms with Crippen LogP contribution >= 0.6 is 0 Å². The first kappa shape index (κ1) is 24.6. The number of anilines is 1. The number of amides is 1. The Bertz CT molecular complexity index is 1300. The maximum Gasteiger partial charge on any atom is 0.278 e. The van der Waals surface area contributed by atoms with E-state index in [0.717, 1.165) is 30.0 Å². The average molecular weight is 512 g/mol. The van der Waals surface area contributed by atoms with Gasteiger partial charge in [-0.05, 0) is 48.6 Å². The largest absolute Gasteiger partial charge is 0.350 e. The van der Waals surface area contributed by atoms with Crippen molar-refractivity contribution in [2.45, 2.75) is 49.3 Å². The van der Waals surface area contributed by atoms with E-state index in [1.54, 1.807) is 12.1 Å². The normalized spacial score (nSPS) is 19.3. The van der Waals surface area contributed by atoms with Crippen LogP contribution in [0.3, 0.4) is 0 Å². The number of ether oxygens (including phenoxy) is 1. The van der Waals surface area contributed by atoms with Crippen LogP contribution in [0.15, 0.2) is 59.8 Å². The van der Waals surface area contributed by atoms with E-state index >= 15 is 0 Å². The molecule has 0 spiro atoms. The van der Waals surface area contributed by atoms with Crippen LogP contribution in [0.25, 0.3) is 10.8 Å². The third kappa shape index (κ3) is 5.81. The maximum absolute atomic E-state index is 12.9. The summed E-state index contributed by atoms with van der Waals surface area (Å²) in [6.07, 6.45) is 6.46. The van der Waals surface area contributed by atoms with Crippen molar-refractivity contribution in [2.75, 3.05) is 24.6 Å². The molecule has 0 radical (unpaired) electrons. The number of carbonyl (C=O) groups is 1. The SMILES string of the molecule is O=C(NOC1CCCCO1)c1cnc(N2CCC(NS(=O)(=O)c3ccc4ccccc4c3)CC2)nc1. The van der Waals surface area contributed by atoms with Gasteiger partial charge in [0.25, 0.3) is 5.91 Å². The van der Waals surface area contributed by atoms with E-state index < -0.39 is 22.2 Å². The monoisotopic (exact) mass is 511 g/mol. The summed E-state index contributed by atoms with van der Waals surface area (Å²) >= 11 is 0. The molecule has 0 aliphatic carbocycles. The Morgan fingerprint density at radius 3 is 2.47 bits per heavy atom. The number of aromatic nitrogens is 2. The molecule has 0 bridgehead atoms. The molecule has 2 aliphatic rings. The number of rotatable bonds is 7. The molecule has 190 valence electrons. The fraction of sp³-hybridized carbons (Fsp3) is 0.400. The Labute approximate surface area is 210 Å². The molecule has 10 nitrogen and oxygen atoms in total. The highest BCUT2D eigenvalue weighted by molar-refractivity contribution is 7.89. The Kier molecular flexibility index (Phi) is 7.42. The molecule has 2 fully saturated rings. The van der Waals surface area contributed by atoms with Gasteiger partial charge in [-0.25, -0.2) is 33.4 Å². The molecule has 11 heteroatoms. The van der Waals surface area contributed by atoms with Crippen molar-refractivity contribution in [1.29, 1.82) is 0 Å². The quantitative estimate of drug-likeness (QED) is 0.464. The van der Waals surface area contributed by atoms with Crippen LogP contribution in [0.1, 0.15) is 42.5 Å². The summed E-state index contributed by atoms with van der Waals surface area (Å²) in [5, 5.41) is 1.89. The lowest BCUT2D eigenvalue weighted by molar-refractivity contribution is -0.186. The first-order valence-corrected chi connectivity index (χ1v) is 13.6. The molecule has 0 saturated carbocycles. The number of hydrogen-bond acceptors (Lipinski definition) is 8. The summed E-state index contributed by atoms with van der Waals surface area (Å²) in [6, 6.07) is 12.7. The van der Waals surface area contributed by atoms with E-state index in [1.165, 1.54) is 12.4 Å². The fourth-order valence-electron chi connectivity index (χ4n) is 4.40. The minimum absolute atomic E-state index is 0.179. The number of sulfonamides is 1. The standard InChI is InChI=1S/C25H29N5O5S/c31-24(28-35-23-7-3-4-14-34-23)20-16-26-25(27-17-20)30-12-10-21(11-13-30)29-36(32,33)22-9-8-18-5-1-2-6-19(18)15-22/h1-2,5-6,8-9,15-17,21,23,29H,3-4,7,10-14H2,(H,28,31). The number of piperidine rings is 1. The van der Waals surface area contributed by atoms with Gasteiger partial charge in [0.1, 0.15) is 0 Å². The molecule has 1 atom stereocenters. The molecule has 2 N–H and O–H groups in total. The molecule has 3 heterocycles. The molecular weight excluding hydrogens is 482 g/mol. The van der Waals surface area contributed by atoms with Gasteiger partial charge >= 0.3 is 0 Å². The van der Waals surface area contributed by atoms with Gasteiger partial charge in [-0.3, -0.25) is 4.79 Å². The van der Waals surface area contributed by atoms with Crippen LogP contribution < -0.4 is 15.1 Å². The van der Waals surface area contributed by atoms with Crippen LogP contribution in [0, 0.1) is 0 Å². The lowest BCUT2D eigenvalue weighted by Crippen LogP contribution is -2.45. The molecule has 3 aromatic rings. The number of fused-ring (bicyclic) bond motifs is 1. The second-order valence-electron chi connectivity index (χ2n) is 9.01. The fourth-order valence-corrected chi connectivity index (χ4v) is 5.74. The Morgan fingerprint density at radius 1 is 1.00 bits per heavy atom. The highest BCUT2D eigenvalue weighted by Crippen LogP contribution is 2.22. The molecule has 2 aliphatic heterocycles. The molecular formula is C25H29N5O5S. The second-order valence-corrected chi connectivity index (χ2v) is 10.7. The number of benzene rings is 2. The van der Waals surface area contributed by atoms with Crippen molar-refractivity contribution in [2.24, 2.45) is 0 Å². The highest BCUT2D eigenvalue weighted by Gasteiger charge is 2.26. The van der Waals surface area contributed by atoms with Gasteiger partial charge in [0, 0.05) is 44.6 Å². The molecule has 1 amide bonds. The van der Waals surface area contributed by atoms with Gasteiger partial charge in [-0.1, -0.05) is 30.3 Å². The number of nitrogens with one attached hydrogen (secondary N) is 2. The Hall–Kier alpha value is -3.12. The minimum atomic E-state index is -3.63. The van der Waals surface area contributed by atoms with Crippen LogP contribution in [-0.2, 0) is 19.6 Å².